The van der Waals surface area contributed by atoms with Crippen LogP contribution in [0.3, 0.4) is 0 Å². The zero-order chi connectivity index (χ0) is 29.0. The molecule has 11 nitrogen and oxygen atoms in total. The first kappa shape index (κ1) is 31.8. The van der Waals surface area contributed by atoms with Gasteiger partial charge in [-0.3, -0.25) is 14.4 Å². The van der Waals surface area contributed by atoms with E-state index in [9.17, 15) is 29.4 Å². The summed E-state index contributed by atoms with van der Waals surface area (Å²) in [5.74, 6) is -5.53. The fraction of sp³-hybridized carbons (Fsp3) is 0.769. The molecular weight excluding hydrogens is 524 g/mol. The lowest BCUT2D eigenvalue weighted by molar-refractivity contribution is -0.228. The second-order valence-electron chi connectivity index (χ2n) is 10.9. The van der Waals surface area contributed by atoms with Crippen LogP contribution in [0.1, 0.15) is 61.3 Å². The Morgan fingerprint density at radius 3 is 2.21 bits per heavy atom. The Labute approximate surface area is 227 Å². The summed E-state index contributed by atoms with van der Waals surface area (Å²) < 4.78 is 27.0. The second kappa shape index (κ2) is 12.7. The minimum Gasteiger partial charge on any atom is -0.462 e. The third kappa shape index (κ3) is 6.98. The number of hydrogen-bond donors (Lipinski definition) is 2. The van der Waals surface area contributed by atoms with E-state index in [1.165, 1.54) is 0 Å². The minimum absolute atomic E-state index is 0.0166. The van der Waals surface area contributed by atoms with Gasteiger partial charge in [-0.15, -0.1) is 11.6 Å². The quantitative estimate of drug-likeness (QED) is 0.216. The maximum Gasteiger partial charge on any atom is 0.348 e. The summed E-state index contributed by atoms with van der Waals surface area (Å²) in [6.45, 7) is 10.9. The molecule has 6 atom stereocenters. The van der Waals surface area contributed by atoms with Crippen molar-refractivity contribution < 1.29 is 53.1 Å². The Morgan fingerprint density at radius 1 is 1.08 bits per heavy atom. The van der Waals surface area contributed by atoms with Crippen molar-refractivity contribution in [3.63, 3.8) is 0 Å². The number of esters is 4. The van der Waals surface area contributed by atoms with Gasteiger partial charge < -0.3 is 33.9 Å². The van der Waals surface area contributed by atoms with Crippen LogP contribution >= 0.6 is 11.6 Å². The molecule has 0 amide bonds. The van der Waals surface area contributed by atoms with Crippen LogP contribution in [-0.4, -0.2) is 76.3 Å². The van der Waals surface area contributed by atoms with Crippen LogP contribution in [0.25, 0.3) is 0 Å². The number of halogens is 1. The average molecular weight is 563 g/mol. The van der Waals surface area contributed by atoms with E-state index >= 15 is 0 Å². The Kier molecular flexibility index (Phi) is 10.6. The standard InChI is InChI=1S/C26H39ClO11/c1-13(2)8-19(29)37-24-21-25(32,9-18(36-16(7)28)26(21,33)12-27)17(11-35-24)10-34-23(31)20(14(3)4)38-22(30)15(5)6/h11,13-15,18,20-21,24,32-33H,8-10,12H2,1-7H3/t18?,20?,21?,24?,25?,26-/m1/s1. The predicted octanol–water partition coefficient (Wildman–Crippen LogP) is 2.24. The van der Waals surface area contributed by atoms with Crippen LogP contribution in [0.4, 0.5) is 0 Å². The largest absolute Gasteiger partial charge is 0.462 e. The third-order valence-electron chi connectivity index (χ3n) is 6.55. The average Bonchev–Trinajstić information content (AvgIpc) is 3.02. The summed E-state index contributed by atoms with van der Waals surface area (Å²) in [6, 6.07) is 0. The van der Waals surface area contributed by atoms with Crippen LogP contribution in [0.15, 0.2) is 11.8 Å². The molecule has 0 aromatic carbocycles. The van der Waals surface area contributed by atoms with Crippen molar-refractivity contribution >= 4 is 35.5 Å². The Hall–Kier alpha value is -2.37. The Bertz CT molecular complexity index is 930. The number of carbonyl (C=O) groups excluding carboxylic acids is 4. The van der Waals surface area contributed by atoms with Crippen molar-refractivity contribution in [2.24, 2.45) is 23.7 Å². The third-order valence-corrected chi connectivity index (χ3v) is 6.98. The molecule has 1 saturated carbocycles. The summed E-state index contributed by atoms with van der Waals surface area (Å²) in [4.78, 5) is 49.1. The van der Waals surface area contributed by atoms with Gasteiger partial charge in [-0.2, -0.15) is 0 Å². The van der Waals surface area contributed by atoms with Gasteiger partial charge in [0.15, 0.2) is 0 Å². The molecule has 2 N–H and O–H groups in total. The van der Waals surface area contributed by atoms with E-state index in [-0.39, 0.29) is 24.3 Å². The fourth-order valence-corrected chi connectivity index (χ4v) is 4.89. The van der Waals surface area contributed by atoms with E-state index < -0.39 is 83.8 Å². The van der Waals surface area contributed by atoms with E-state index in [2.05, 4.69) is 0 Å². The lowest BCUT2D eigenvalue weighted by atomic mass is 9.77. The van der Waals surface area contributed by atoms with Gasteiger partial charge in [-0.05, 0) is 5.92 Å². The highest BCUT2D eigenvalue weighted by molar-refractivity contribution is 6.18. The van der Waals surface area contributed by atoms with E-state index in [0.717, 1.165) is 13.2 Å². The van der Waals surface area contributed by atoms with E-state index in [1.807, 2.05) is 13.8 Å². The van der Waals surface area contributed by atoms with Crippen molar-refractivity contribution in [1.82, 2.24) is 0 Å². The molecule has 0 saturated heterocycles. The van der Waals surface area contributed by atoms with Gasteiger partial charge in [0.1, 0.15) is 23.9 Å². The molecule has 38 heavy (non-hydrogen) atoms. The van der Waals surface area contributed by atoms with E-state index in [0.29, 0.717) is 0 Å². The molecule has 0 aromatic rings. The van der Waals surface area contributed by atoms with Gasteiger partial charge in [0, 0.05) is 31.3 Å². The number of alkyl halides is 1. The highest BCUT2D eigenvalue weighted by atomic mass is 35.5. The van der Waals surface area contributed by atoms with Crippen LogP contribution < -0.4 is 0 Å². The smallest absolute Gasteiger partial charge is 0.348 e. The molecule has 2 rings (SSSR count). The van der Waals surface area contributed by atoms with Crippen LogP contribution in [0, 0.1) is 23.7 Å². The van der Waals surface area contributed by atoms with Crippen molar-refractivity contribution in [3.8, 4) is 0 Å². The van der Waals surface area contributed by atoms with Gasteiger partial charge in [0.2, 0.25) is 6.10 Å². The van der Waals surface area contributed by atoms with Crippen molar-refractivity contribution in [3.05, 3.63) is 11.8 Å². The van der Waals surface area contributed by atoms with Crippen LogP contribution in [-0.2, 0) is 42.9 Å². The maximum absolute atomic E-state index is 12.8. The molecule has 2 aliphatic rings. The normalized spacial score (nSPS) is 29.3. The molecule has 0 bridgehead atoms. The van der Waals surface area contributed by atoms with Gasteiger partial charge in [0.25, 0.3) is 6.29 Å². The minimum atomic E-state index is -2.05. The topological polar surface area (TPSA) is 155 Å². The summed E-state index contributed by atoms with van der Waals surface area (Å²) in [6.07, 6.45) is -3.13. The van der Waals surface area contributed by atoms with E-state index in [1.54, 1.807) is 27.7 Å². The molecular formula is C26H39ClO11. The Morgan fingerprint density at radius 2 is 1.71 bits per heavy atom. The van der Waals surface area contributed by atoms with Gasteiger partial charge in [0.05, 0.1) is 24.0 Å². The molecule has 0 radical (unpaired) electrons. The van der Waals surface area contributed by atoms with Gasteiger partial charge >= 0.3 is 23.9 Å². The summed E-state index contributed by atoms with van der Waals surface area (Å²) >= 11 is 6.12. The maximum atomic E-state index is 12.8. The number of rotatable bonds is 11. The van der Waals surface area contributed by atoms with E-state index in [4.69, 9.17) is 35.3 Å². The molecule has 1 fully saturated rings. The Balaban J connectivity index is 2.36. The second-order valence-corrected chi connectivity index (χ2v) is 11.2. The zero-order valence-corrected chi connectivity index (χ0v) is 23.6. The molecule has 5 unspecified atom stereocenters. The van der Waals surface area contributed by atoms with Gasteiger partial charge in [-0.25, -0.2) is 4.79 Å². The number of ether oxygens (including phenoxy) is 5. The lowest BCUT2D eigenvalue weighted by Crippen LogP contribution is -2.58. The molecule has 0 aromatic heterocycles. The number of fused-ring (bicyclic) bond motifs is 1. The number of aliphatic hydroxyl groups is 2. The summed E-state index contributed by atoms with van der Waals surface area (Å²) in [5, 5.41) is 23.3. The number of hydrogen-bond acceptors (Lipinski definition) is 11. The molecule has 1 aliphatic carbocycles. The van der Waals surface area contributed by atoms with Crippen molar-refractivity contribution in [2.75, 3.05) is 12.5 Å². The highest BCUT2D eigenvalue weighted by Crippen LogP contribution is 2.53. The highest BCUT2D eigenvalue weighted by Gasteiger charge is 2.69. The molecule has 12 heteroatoms. The number of carbonyl (C=O) groups is 4. The molecule has 1 heterocycles. The molecule has 216 valence electrons. The van der Waals surface area contributed by atoms with Crippen molar-refractivity contribution in [2.45, 2.75) is 91.0 Å². The fourth-order valence-electron chi connectivity index (χ4n) is 4.55. The summed E-state index contributed by atoms with van der Waals surface area (Å²) in [5.41, 5.74) is -4.03. The molecule has 0 spiro atoms. The lowest BCUT2D eigenvalue weighted by Gasteiger charge is -2.43. The predicted molar refractivity (Wildman–Crippen MR) is 133 cm³/mol. The SMILES string of the molecule is CC(=O)OC1CC2(O)C(COC(=O)C(OC(=O)C(C)C)C(C)C)=COC(OC(=O)CC(C)C)C2[C@@]1(O)CCl. The van der Waals surface area contributed by atoms with Crippen LogP contribution in [0.2, 0.25) is 0 Å². The first-order chi connectivity index (χ1) is 17.6. The van der Waals surface area contributed by atoms with Crippen LogP contribution in [0.5, 0.6) is 0 Å². The zero-order valence-electron chi connectivity index (χ0n) is 22.9. The first-order valence-corrected chi connectivity index (χ1v) is 13.2. The molecule has 1 aliphatic heterocycles. The monoisotopic (exact) mass is 562 g/mol. The summed E-state index contributed by atoms with van der Waals surface area (Å²) in [7, 11) is 0. The van der Waals surface area contributed by atoms with Crippen molar-refractivity contribution in [1.29, 1.82) is 0 Å². The first-order valence-electron chi connectivity index (χ1n) is 12.7. The van der Waals surface area contributed by atoms with Gasteiger partial charge in [-0.1, -0.05) is 41.5 Å².